The van der Waals surface area contributed by atoms with E-state index in [9.17, 15) is 4.79 Å². The number of aromatic nitrogens is 4. The number of anilines is 2. The van der Waals surface area contributed by atoms with Gasteiger partial charge in [-0.3, -0.25) is 4.79 Å². The van der Waals surface area contributed by atoms with Crippen molar-refractivity contribution < 1.29 is 4.79 Å². The first-order valence-electron chi connectivity index (χ1n) is 14.2. The number of hydrogen-bond donors (Lipinski definition) is 3. The molecule has 3 aromatic rings. The van der Waals surface area contributed by atoms with Gasteiger partial charge >= 0.3 is 0 Å². The van der Waals surface area contributed by atoms with Crippen molar-refractivity contribution in [3.8, 4) is 0 Å². The number of carbonyl (C=O) groups excluding carboxylic acids is 1. The van der Waals surface area contributed by atoms with Gasteiger partial charge in [-0.15, -0.1) is 0 Å². The Bertz CT molecular complexity index is 1300. The first-order chi connectivity index (χ1) is 18.9. The third kappa shape index (κ3) is 5.95. The van der Waals surface area contributed by atoms with Crippen molar-refractivity contribution in [1.82, 2.24) is 24.4 Å². The van der Waals surface area contributed by atoms with Crippen LogP contribution < -0.4 is 16.4 Å². The SMILES string of the molecule is N[C@H]1CC[C@H](Nc2nc(NC3CCN(C(=O)c4cc(Cl)cc(Cl)c4)CC3)c3ncn(C4CCCC4)c3n2)CC1. The lowest BCUT2D eigenvalue weighted by molar-refractivity contribution is 0.0718. The van der Waals surface area contributed by atoms with Crippen molar-refractivity contribution in [3.63, 3.8) is 0 Å². The Labute approximate surface area is 238 Å². The lowest BCUT2D eigenvalue weighted by atomic mass is 9.92. The Morgan fingerprint density at radius 2 is 1.54 bits per heavy atom. The molecule has 1 aromatic carbocycles. The summed E-state index contributed by atoms with van der Waals surface area (Å²) in [5.41, 5.74) is 8.35. The van der Waals surface area contributed by atoms with E-state index in [1.807, 2.05) is 11.2 Å². The molecule has 9 nitrogen and oxygen atoms in total. The number of rotatable bonds is 6. The number of carbonyl (C=O) groups is 1. The second-order valence-electron chi connectivity index (χ2n) is 11.3. The molecule has 4 N–H and O–H groups in total. The van der Waals surface area contributed by atoms with Crippen LogP contribution in [0.2, 0.25) is 10.0 Å². The van der Waals surface area contributed by atoms with Crippen LogP contribution in [0.15, 0.2) is 24.5 Å². The van der Waals surface area contributed by atoms with Gasteiger partial charge in [0.05, 0.1) is 6.33 Å². The number of likely N-dealkylation sites (tertiary alicyclic amines) is 1. The normalized spacial score (nSPS) is 22.9. The highest BCUT2D eigenvalue weighted by atomic mass is 35.5. The first-order valence-corrected chi connectivity index (χ1v) is 15.0. The molecule has 3 fully saturated rings. The molecular weight excluding hydrogens is 535 g/mol. The van der Waals surface area contributed by atoms with Crippen LogP contribution in [0.4, 0.5) is 11.8 Å². The van der Waals surface area contributed by atoms with E-state index in [2.05, 4.69) is 15.2 Å². The third-order valence-electron chi connectivity index (χ3n) is 8.48. The molecular formula is C28H36Cl2N8O. The summed E-state index contributed by atoms with van der Waals surface area (Å²) in [6.45, 7) is 1.28. The van der Waals surface area contributed by atoms with E-state index in [0.717, 1.165) is 68.3 Å². The van der Waals surface area contributed by atoms with E-state index in [1.165, 1.54) is 12.8 Å². The van der Waals surface area contributed by atoms with Crippen molar-refractivity contribution in [3.05, 3.63) is 40.1 Å². The van der Waals surface area contributed by atoms with Crippen LogP contribution in [0, 0.1) is 0 Å². The summed E-state index contributed by atoms with van der Waals surface area (Å²) >= 11 is 12.2. The van der Waals surface area contributed by atoms with Crippen LogP contribution >= 0.6 is 23.2 Å². The van der Waals surface area contributed by atoms with Gasteiger partial charge in [-0.1, -0.05) is 36.0 Å². The predicted octanol–water partition coefficient (Wildman–Crippen LogP) is 5.65. The molecule has 208 valence electrons. The molecule has 1 aliphatic heterocycles. The Balaban J connectivity index is 1.19. The summed E-state index contributed by atoms with van der Waals surface area (Å²) in [7, 11) is 0. The fourth-order valence-corrected chi connectivity index (χ4v) is 6.78. The van der Waals surface area contributed by atoms with E-state index < -0.39 is 0 Å². The van der Waals surface area contributed by atoms with E-state index in [4.69, 9.17) is 43.9 Å². The summed E-state index contributed by atoms with van der Waals surface area (Å²) < 4.78 is 2.24. The molecule has 11 heteroatoms. The molecule has 3 aliphatic rings. The molecule has 3 heterocycles. The monoisotopic (exact) mass is 570 g/mol. The second kappa shape index (κ2) is 11.5. The second-order valence-corrected chi connectivity index (χ2v) is 12.2. The summed E-state index contributed by atoms with van der Waals surface area (Å²) in [4.78, 5) is 29.6. The first kappa shape index (κ1) is 26.6. The summed E-state index contributed by atoms with van der Waals surface area (Å²) in [5.74, 6) is 1.37. The molecule has 6 rings (SSSR count). The van der Waals surface area contributed by atoms with Crippen molar-refractivity contribution in [1.29, 1.82) is 0 Å². The highest BCUT2D eigenvalue weighted by Crippen LogP contribution is 2.34. The number of imidazole rings is 1. The zero-order chi connectivity index (χ0) is 26.9. The number of nitrogens with two attached hydrogens (primary N) is 1. The predicted molar refractivity (Wildman–Crippen MR) is 156 cm³/mol. The van der Waals surface area contributed by atoms with Gasteiger partial charge < -0.3 is 25.8 Å². The van der Waals surface area contributed by atoms with Crippen molar-refractivity contribution in [2.24, 2.45) is 5.73 Å². The minimum absolute atomic E-state index is 0.0451. The number of halogens is 2. The Kier molecular flexibility index (Phi) is 7.82. The smallest absolute Gasteiger partial charge is 0.253 e. The molecule has 0 atom stereocenters. The van der Waals surface area contributed by atoms with Crippen LogP contribution in [0.1, 0.15) is 80.6 Å². The van der Waals surface area contributed by atoms with E-state index >= 15 is 0 Å². The van der Waals surface area contributed by atoms with Crippen LogP contribution in [0.3, 0.4) is 0 Å². The van der Waals surface area contributed by atoms with E-state index in [1.54, 1.807) is 18.2 Å². The lowest BCUT2D eigenvalue weighted by Crippen LogP contribution is -2.42. The standard InChI is InChI=1S/C28H36Cl2N8O/c29-18-13-17(14-19(30)15-18)27(39)37-11-9-22(10-12-37)33-25-24-26(38(16-32-24)23-3-1-2-4-23)36-28(35-25)34-21-7-5-20(31)6-8-21/h13-16,20-23H,1-12,31H2,(H2,33,34,35,36)/t20-,21-. The van der Waals surface area contributed by atoms with E-state index in [0.29, 0.717) is 52.8 Å². The van der Waals surface area contributed by atoms with Gasteiger partial charge in [-0.2, -0.15) is 9.97 Å². The van der Waals surface area contributed by atoms with Gasteiger partial charge in [0.15, 0.2) is 17.0 Å². The molecule has 1 saturated heterocycles. The number of nitrogens with one attached hydrogen (secondary N) is 2. The van der Waals surface area contributed by atoms with Crippen molar-refractivity contribution in [2.45, 2.75) is 88.4 Å². The topological polar surface area (TPSA) is 114 Å². The average Bonchev–Trinajstić information content (AvgIpc) is 3.60. The van der Waals surface area contributed by atoms with Crippen molar-refractivity contribution in [2.75, 3.05) is 23.7 Å². The number of amides is 1. The van der Waals surface area contributed by atoms with Gasteiger partial charge in [-0.25, -0.2) is 4.98 Å². The maximum Gasteiger partial charge on any atom is 0.253 e. The molecule has 2 saturated carbocycles. The van der Waals surface area contributed by atoms with Gasteiger partial charge in [-0.05, 0) is 69.6 Å². The maximum atomic E-state index is 13.1. The minimum Gasteiger partial charge on any atom is -0.365 e. The molecule has 2 aliphatic carbocycles. The molecule has 0 spiro atoms. The molecule has 0 bridgehead atoms. The maximum absolute atomic E-state index is 13.1. The largest absolute Gasteiger partial charge is 0.365 e. The zero-order valence-electron chi connectivity index (χ0n) is 22.1. The van der Waals surface area contributed by atoms with Crippen LogP contribution in [0.25, 0.3) is 11.2 Å². The highest BCUT2D eigenvalue weighted by Gasteiger charge is 2.27. The molecule has 39 heavy (non-hydrogen) atoms. The Hall–Kier alpha value is -2.62. The fraction of sp³-hybridized carbons (Fsp3) is 0.571. The lowest BCUT2D eigenvalue weighted by Gasteiger charge is -2.33. The van der Waals surface area contributed by atoms with E-state index in [-0.39, 0.29) is 11.9 Å². The zero-order valence-corrected chi connectivity index (χ0v) is 23.6. The number of hydrogen-bond acceptors (Lipinski definition) is 7. The quantitative estimate of drug-likeness (QED) is 0.351. The highest BCUT2D eigenvalue weighted by molar-refractivity contribution is 6.35. The molecule has 0 radical (unpaired) electrons. The average molecular weight is 572 g/mol. The van der Waals surface area contributed by atoms with Crippen LogP contribution in [-0.4, -0.2) is 61.5 Å². The summed E-state index contributed by atoms with van der Waals surface area (Å²) in [5, 5.41) is 8.19. The van der Waals surface area contributed by atoms with Crippen LogP contribution in [-0.2, 0) is 0 Å². The number of benzene rings is 1. The summed E-state index contributed by atoms with van der Waals surface area (Å²) in [6.07, 6.45) is 12.4. The van der Waals surface area contributed by atoms with Gasteiger partial charge in [0.25, 0.3) is 5.91 Å². The van der Waals surface area contributed by atoms with Crippen molar-refractivity contribution >= 4 is 52.0 Å². The van der Waals surface area contributed by atoms with Gasteiger partial charge in [0.1, 0.15) is 0 Å². The number of piperidine rings is 1. The van der Waals surface area contributed by atoms with Crippen LogP contribution in [0.5, 0.6) is 0 Å². The Morgan fingerprint density at radius 3 is 2.23 bits per heavy atom. The Morgan fingerprint density at radius 1 is 0.872 bits per heavy atom. The number of nitrogens with zero attached hydrogens (tertiary/aromatic N) is 5. The van der Waals surface area contributed by atoms with Gasteiger partial charge in [0.2, 0.25) is 5.95 Å². The van der Waals surface area contributed by atoms with Gasteiger partial charge in [0, 0.05) is 52.9 Å². The minimum atomic E-state index is -0.0451. The number of fused-ring (bicyclic) bond motifs is 1. The summed E-state index contributed by atoms with van der Waals surface area (Å²) in [6, 6.07) is 6.21. The molecule has 1 amide bonds. The fourth-order valence-electron chi connectivity index (χ4n) is 6.26. The molecule has 0 unspecified atom stereocenters. The molecule has 2 aromatic heterocycles. The third-order valence-corrected chi connectivity index (χ3v) is 8.91.